The van der Waals surface area contributed by atoms with Crippen LogP contribution in [0.2, 0.25) is 0 Å². The number of hydrogen-bond acceptors (Lipinski definition) is 1. The largest absolute Gasteiger partial charge is 0.317 e. The van der Waals surface area contributed by atoms with E-state index >= 15 is 0 Å². The lowest BCUT2D eigenvalue weighted by atomic mass is 10.1. The maximum atomic E-state index is 5.74. The van der Waals surface area contributed by atoms with Crippen LogP contribution in [0.5, 0.6) is 0 Å². The van der Waals surface area contributed by atoms with Crippen molar-refractivity contribution in [2.45, 2.75) is 25.3 Å². The number of alkyl halides is 1. The molecule has 1 fully saturated rings. The lowest BCUT2D eigenvalue weighted by molar-refractivity contribution is 0.463. The van der Waals surface area contributed by atoms with Gasteiger partial charge in [0, 0.05) is 11.9 Å². The monoisotopic (exact) mass is 147 g/mol. The Hall–Kier alpha value is 0.250. The molecule has 0 spiro atoms. The van der Waals surface area contributed by atoms with Crippen molar-refractivity contribution in [1.82, 2.24) is 5.32 Å². The van der Waals surface area contributed by atoms with Crippen molar-refractivity contribution < 1.29 is 0 Å². The third-order valence-corrected chi connectivity index (χ3v) is 2.62. The molecular weight excluding hydrogens is 134 g/mol. The first-order valence-electron chi connectivity index (χ1n) is 3.61. The number of hydrogen-bond donors (Lipinski definition) is 1. The molecule has 0 aromatic carbocycles. The molecule has 1 aliphatic carbocycles. The van der Waals surface area contributed by atoms with Crippen LogP contribution in [0.25, 0.3) is 0 Å². The van der Waals surface area contributed by atoms with Gasteiger partial charge in [0.2, 0.25) is 0 Å². The van der Waals surface area contributed by atoms with E-state index in [0.717, 1.165) is 11.8 Å². The lowest BCUT2D eigenvalue weighted by Gasteiger charge is -2.14. The van der Waals surface area contributed by atoms with E-state index in [2.05, 4.69) is 5.32 Å². The minimum atomic E-state index is 0.697. The number of rotatable bonds is 2. The van der Waals surface area contributed by atoms with E-state index in [1.54, 1.807) is 0 Å². The molecule has 0 amide bonds. The first kappa shape index (κ1) is 7.36. The van der Waals surface area contributed by atoms with Crippen molar-refractivity contribution in [2.24, 2.45) is 5.92 Å². The van der Waals surface area contributed by atoms with Gasteiger partial charge in [-0.3, -0.25) is 0 Å². The van der Waals surface area contributed by atoms with Gasteiger partial charge in [0.1, 0.15) is 0 Å². The third-order valence-electron chi connectivity index (χ3n) is 2.23. The third kappa shape index (κ3) is 1.59. The average molecular weight is 148 g/mol. The molecule has 1 saturated carbocycles. The summed E-state index contributed by atoms with van der Waals surface area (Å²) in [6, 6.07) is 0.697. The first-order chi connectivity index (χ1) is 4.38. The van der Waals surface area contributed by atoms with E-state index in [-0.39, 0.29) is 0 Å². The van der Waals surface area contributed by atoms with E-state index in [0.29, 0.717) is 6.04 Å². The standard InChI is InChI=1S/C7H14ClN/c1-9-7-4-2-3-6(7)5-8/h6-7,9H,2-5H2,1H3. The minimum absolute atomic E-state index is 0.697. The van der Waals surface area contributed by atoms with Gasteiger partial charge in [0.05, 0.1) is 0 Å². The Balaban J connectivity index is 2.32. The minimum Gasteiger partial charge on any atom is -0.317 e. The summed E-state index contributed by atoms with van der Waals surface area (Å²) in [5.74, 6) is 1.56. The highest BCUT2D eigenvalue weighted by Gasteiger charge is 2.24. The van der Waals surface area contributed by atoms with Crippen LogP contribution < -0.4 is 5.32 Å². The van der Waals surface area contributed by atoms with Crippen molar-refractivity contribution in [2.75, 3.05) is 12.9 Å². The molecule has 2 heteroatoms. The van der Waals surface area contributed by atoms with Crippen LogP contribution in [-0.4, -0.2) is 19.0 Å². The van der Waals surface area contributed by atoms with E-state index in [9.17, 15) is 0 Å². The molecule has 0 saturated heterocycles. The Morgan fingerprint density at radius 3 is 2.78 bits per heavy atom. The summed E-state index contributed by atoms with van der Waals surface area (Å²) < 4.78 is 0. The van der Waals surface area contributed by atoms with Crippen LogP contribution in [-0.2, 0) is 0 Å². The summed E-state index contributed by atoms with van der Waals surface area (Å²) in [6.07, 6.45) is 3.98. The van der Waals surface area contributed by atoms with Gasteiger partial charge in [-0.2, -0.15) is 0 Å². The van der Waals surface area contributed by atoms with Crippen LogP contribution in [0.15, 0.2) is 0 Å². The Kier molecular flexibility index (Phi) is 2.80. The zero-order chi connectivity index (χ0) is 6.69. The zero-order valence-electron chi connectivity index (χ0n) is 5.86. The van der Waals surface area contributed by atoms with Crippen molar-refractivity contribution in [3.8, 4) is 0 Å². The maximum Gasteiger partial charge on any atom is 0.0266 e. The molecule has 0 bridgehead atoms. The highest BCUT2D eigenvalue weighted by atomic mass is 35.5. The first-order valence-corrected chi connectivity index (χ1v) is 4.15. The van der Waals surface area contributed by atoms with Crippen molar-refractivity contribution >= 4 is 11.6 Å². The molecule has 2 unspecified atom stereocenters. The van der Waals surface area contributed by atoms with Crippen LogP contribution in [0, 0.1) is 5.92 Å². The van der Waals surface area contributed by atoms with E-state index in [1.165, 1.54) is 19.3 Å². The molecule has 54 valence electrons. The fourth-order valence-electron chi connectivity index (χ4n) is 1.60. The van der Waals surface area contributed by atoms with Gasteiger partial charge in [-0.25, -0.2) is 0 Å². The molecule has 0 aromatic heterocycles. The molecule has 0 radical (unpaired) electrons. The predicted octanol–water partition coefficient (Wildman–Crippen LogP) is 1.61. The summed E-state index contributed by atoms with van der Waals surface area (Å²) >= 11 is 5.74. The van der Waals surface area contributed by atoms with Crippen LogP contribution in [0.3, 0.4) is 0 Å². The highest BCUT2D eigenvalue weighted by molar-refractivity contribution is 6.18. The molecule has 0 heterocycles. The number of nitrogens with one attached hydrogen (secondary N) is 1. The van der Waals surface area contributed by atoms with Gasteiger partial charge >= 0.3 is 0 Å². The Labute approximate surface area is 61.8 Å². The summed E-state index contributed by atoms with van der Waals surface area (Å²) in [5.41, 5.74) is 0. The quantitative estimate of drug-likeness (QED) is 0.586. The normalized spacial score (nSPS) is 35.3. The number of halogens is 1. The summed E-state index contributed by atoms with van der Waals surface area (Å²) in [4.78, 5) is 0. The van der Waals surface area contributed by atoms with Gasteiger partial charge in [-0.05, 0) is 25.8 Å². The molecule has 1 rings (SSSR count). The highest BCUT2D eigenvalue weighted by Crippen LogP contribution is 2.25. The topological polar surface area (TPSA) is 12.0 Å². The molecule has 0 aromatic rings. The second-order valence-corrected chi connectivity index (χ2v) is 3.05. The second kappa shape index (κ2) is 3.43. The van der Waals surface area contributed by atoms with Gasteiger partial charge in [0.25, 0.3) is 0 Å². The predicted molar refractivity (Wildman–Crippen MR) is 40.9 cm³/mol. The Morgan fingerprint density at radius 2 is 2.33 bits per heavy atom. The van der Waals surface area contributed by atoms with Crippen molar-refractivity contribution in [3.05, 3.63) is 0 Å². The van der Waals surface area contributed by atoms with Gasteiger partial charge in [-0.1, -0.05) is 6.42 Å². The Bertz CT molecular complexity index is 75.0. The molecule has 9 heavy (non-hydrogen) atoms. The molecule has 2 atom stereocenters. The fraction of sp³-hybridized carbons (Fsp3) is 1.00. The van der Waals surface area contributed by atoms with Crippen molar-refractivity contribution in [3.63, 3.8) is 0 Å². The molecule has 1 aliphatic rings. The fourth-order valence-corrected chi connectivity index (χ4v) is 1.97. The SMILES string of the molecule is CNC1CCCC1CCl. The van der Waals surface area contributed by atoms with E-state index in [1.807, 2.05) is 7.05 Å². The summed E-state index contributed by atoms with van der Waals surface area (Å²) in [5, 5.41) is 3.28. The molecule has 0 aliphatic heterocycles. The maximum absolute atomic E-state index is 5.74. The van der Waals surface area contributed by atoms with Crippen LogP contribution in [0.1, 0.15) is 19.3 Å². The van der Waals surface area contributed by atoms with Crippen LogP contribution >= 0.6 is 11.6 Å². The molecular formula is C7H14ClN. The van der Waals surface area contributed by atoms with Gasteiger partial charge in [-0.15, -0.1) is 11.6 Å². The van der Waals surface area contributed by atoms with E-state index in [4.69, 9.17) is 11.6 Å². The molecule has 1 nitrogen and oxygen atoms in total. The smallest absolute Gasteiger partial charge is 0.0266 e. The summed E-state index contributed by atoms with van der Waals surface area (Å²) in [6.45, 7) is 0. The van der Waals surface area contributed by atoms with Crippen molar-refractivity contribution in [1.29, 1.82) is 0 Å². The van der Waals surface area contributed by atoms with E-state index < -0.39 is 0 Å². The molecule has 1 N–H and O–H groups in total. The van der Waals surface area contributed by atoms with Gasteiger partial charge < -0.3 is 5.32 Å². The Morgan fingerprint density at radius 1 is 1.56 bits per heavy atom. The van der Waals surface area contributed by atoms with Crippen LogP contribution in [0.4, 0.5) is 0 Å². The summed E-state index contributed by atoms with van der Waals surface area (Å²) in [7, 11) is 2.02. The second-order valence-electron chi connectivity index (χ2n) is 2.74. The lowest BCUT2D eigenvalue weighted by Crippen LogP contribution is -2.29. The van der Waals surface area contributed by atoms with Gasteiger partial charge in [0.15, 0.2) is 0 Å². The average Bonchev–Trinajstić information content (AvgIpc) is 2.33. The zero-order valence-corrected chi connectivity index (χ0v) is 6.62.